The molecule has 1 atom stereocenters. The standard InChI is InChI=1S/C17H26N2O/c1-12-8-14(9-13(2)17(12)20)10-19(16-5-6-16)11-15-4-3-7-18-15/h8-9,15-16,18,20H,3-7,10-11H2,1-2H3. The van der Waals surface area contributed by atoms with Gasteiger partial charge in [0.2, 0.25) is 0 Å². The van der Waals surface area contributed by atoms with Crippen LogP contribution in [0.4, 0.5) is 0 Å². The Morgan fingerprint density at radius 3 is 2.45 bits per heavy atom. The van der Waals surface area contributed by atoms with Crippen LogP contribution in [0, 0.1) is 13.8 Å². The number of rotatable bonds is 5. The van der Waals surface area contributed by atoms with E-state index in [-0.39, 0.29) is 0 Å². The van der Waals surface area contributed by atoms with E-state index in [9.17, 15) is 5.11 Å². The first kappa shape index (κ1) is 13.9. The van der Waals surface area contributed by atoms with E-state index in [2.05, 4.69) is 22.3 Å². The Kier molecular flexibility index (Phi) is 3.99. The largest absolute Gasteiger partial charge is 0.507 e. The summed E-state index contributed by atoms with van der Waals surface area (Å²) in [5.41, 5.74) is 3.33. The van der Waals surface area contributed by atoms with Crippen LogP contribution in [-0.2, 0) is 6.54 Å². The molecule has 1 aliphatic heterocycles. The van der Waals surface area contributed by atoms with Gasteiger partial charge in [0.05, 0.1) is 0 Å². The number of hydrogen-bond acceptors (Lipinski definition) is 3. The van der Waals surface area contributed by atoms with E-state index in [4.69, 9.17) is 0 Å². The fourth-order valence-electron chi connectivity index (χ4n) is 3.35. The molecule has 0 aromatic heterocycles. The molecule has 3 heteroatoms. The molecule has 110 valence electrons. The Morgan fingerprint density at radius 2 is 1.90 bits per heavy atom. The summed E-state index contributed by atoms with van der Waals surface area (Å²) in [5.74, 6) is 0.448. The molecule has 0 spiro atoms. The third-order valence-corrected chi connectivity index (χ3v) is 4.62. The van der Waals surface area contributed by atoms with Gasteiger partial charge in [0, 0.05) is 25.2 Å². The van der Waals surface area contributed by atoms with Crippen molar-refractivity contribution in [3.63, 3.8) is 0 Å². The molecule has 1 saturated carbocycles. The number of nitrogens with one attached hydrogen (secondary N) is 1. The molecule has 1 saturated heterocycles. The van der Waals surface area contributed by atoms with Crippen LogP contribution in [0.1, 0.15) is 42.4 Å². The predicted molar refractivity (Wildman–Crippen MR) is 82.0 cm³/mol. The average molecular weight is 274 g/mol. The number of phenols is 1. The molecule has 0 radical (unpaired) electrons. The van der Waals surface area contributed by atoms with E-state index in [1.165, 1.54) is 44.3 Å². The highest BCUT2D eigenvalue weighted by atomic mass is 16.3. The number of aryl methyl sites for hydroxylation is 2. The van der Waals surface area contributed by atoms with Crippen LogP contribution in [0.5, 0.6) is 5.75 Å². The van der Waals surface area contributed by atoms with Crippen LogP contribution in [0.25, 0.3) is 0 Å². The quantitative estimate of drug-likeness (QED) is 0.866. The van der Waals surface area contributed by atoms with Crippen molar-refractivity contribution < 1.29 is 5.11 Å². The van der Waals surface area contributed by atoms with Gasteiger partial charge in [-0.1, -0.05) is 12.1 Å². The van der Waals surface area contributed by atoms with Gasteiger partial charge in [-0.3, -0.25) is 4.90 Å². The summed E-state index contributed by atoms with van der Waals surface area (Å²) in [5, 5.41) is 13.5. The van der Waals surface area contributed by atoms with Crippen molar-refractivity contribution in [1.82, 2.24) is 10.2 Å². The summed E-state index contributed by atoms with van der Waals surface area (Å²) >= 11 is 0. The lowest BCUT2D eigenvalue weighted by molar-refractivity contribution is 0.231. The van der Waals surface area contributed by atoms with Gasteiger partial charge in [0.15, 0.2) is 0 Å². The van der Waals surface area contributed by atoms with Gasteiger partial charge in [0.25, 0.3) is 0 Å². The maximum absolute atomic E-state index is 9.89. The zero-order valence-corrected chi connectivity index (χ0v) is 12.7. The smallest absolute Gasteiger partial charge is 0.121 e. The van der Waals surface area contributed by atoms with Gasteiger partial charge in [-0.2, -0.15) is 0 Å². The molecule has 1 aliphatic carbocycles. The Balaban J connectivity index is 1.69. The summed E-state index contributed by atoms with van der Waals surface area (Å²) in [6.45, 7) is 7.35. The molecule has 2 fully saturated rings. The van der Waals surface area contributed by atoms with Crippen molar-refractivity contribution in [3.8, 4) is 5.75 Å². The van der Waals surface area contributed by atoms with Gasteiger partial charge in [0.1, 0.15) is 5.75 Å². The first-order valence-electron chi connectivity index (χ1n) is 7.90. The molecule has 0 bridgehead atoms. The first-order chi connectivity index (χ1) is 9.63. The van der Waals surface area contributed by atoms with Crippen molar-refractivity contribution in [2.24, 2.45) is 0 Å². The fraction of sp³-hybridized carbons (Fsp3) is 0.647. The van der Waals surface area contributed by atoms with Gasteiger partial charge < -0.3 is 10.4 Å². The second-order valence-corrected chi connectivity index (χ2v) is 6.53. The average Bonchev–Trinajstić information content (AvgIpc) is 3.14. The van der Waals surface area contributed by atoms with E-state index in [0.717, 1.165) is 23.7 Å². The zero-order chi connectivity index (χ0) is 14.1. The Bertz CT molecular complexity index is 453. The lowest BCUT2D eigenvalue weighted by Gasteiger charge is -2.26. The number of nitrogens with zero attached hydrogens (tertiary/aromatic N) is 1. The highest BCUT2D eigenvalue weighted by Gasteiger charge is 2.31. The van der Waals surface area contributed by atoms with Crippen LogP contribution in [-0.4, -0.2) is 35.2 Å². The lowest BCUT2D eigenvalue weighted by atomic mass is 10.0. The molecule has 1 aromatic carbocycles. The summed E-state index contributed by atoms with van der Waals surface area (Å²) < 4.78 is 0. The Hall–Kier alpha value is -1.06. The number of aromatic hydroxyl groups is 1. The summed E-state index contributed by atoms with van der Waals surface area (Å²) in [6.07, 6.45) is 5.34. The van der Waals surface area contributed by atoms with Gasteiger partial charge in [-0.15, -0.1) is 0 Å². The normalized spacial score (nSPS) is 22.6. The van der Waals surface area contributed by atoms with Crippen LogP contribution in [0.15, 0.2) is 12.1 Å². The van der Waals surface area contributed by atoms with Crippen molar-refractivity contribution in [3.05, 3.63) is 28.8 Å². The third kappa shape index (κ3) is 3.15. The second kappa shape index (κ2) is 5.74. The lowest BCUT2D eigenvalue weighted by Crippen LogP contribution is -2.38. The fourth-order valence-corrected chi connectivity index (χ4v) is 3.35. The van der Waals surface area contributed by atoms with E-state index < -0.39 is 0 Å². The van der Waals surface area contributed by atoms with E-state index >= 15 is 0 Å². The zero-order valence-electron chi connectivity index (χ0n) is 12.7. The minimum absolute atomic E-state index is 0.448. The van der Waals surface area contributed by atoms with Crippen molar-refractivity contribution >= 4 is 0 Å². The minimum atomic E-state index is 0.448. The minimum Gasteiger partial charge on any atom is -0.507 e. The molecular weight excluding hydrogens is 248 g/mol. The first-order valence-corrected chi connectivity index (χ1v) is 7.90. The van der Waals surface area contributed by atoms with E-state index in [1.807, 2.05) is 13.8 Å². The number of phenolic OH excluding ortho intramolecular Hbond substituents is 1. The Labute approximate surface area is 122 Å². The molecule has 1 heterocycles. The molecule has 3 nitrogen and oxygen atoms in total. The molecule has 3 rings (SSSR count). The number of hydrogen-bond donors (Lipinski definition) is 2. The molecule has 2 aliphatic rings. The molecule has 20 heavy (non-hydrogen) atoms. The molecule has 1 aromatic rings. The highest BCUT2D eigenvalue weighted by Crippen LogP contribution is 2.30. The summed E-state index contributed by atoms with van der Waals surface area (Å²) in [4.78, 5) is 2.63. The molecule has 1 unspecified atom stereocenters. The summed E-state index contributed by atoms with van der Waals surface area (Å²) in [6, 6.07) is 5.74. The molecular formula is C17H26N2O. The third-order valence-electron chi connectivity index (χ3n) is 4.62. The van der Waals surface area contributed by atoms with Crippen LogP contribution in [0.3, 0.4) is 0 Å². The van der Waals surface area contributed by atoms with Gasteiger partial charge in [-0.25, -0.2) is 0 Å². The Morgan fingerprint density at radius 1 is 1.20 bits per heavy atom. The van der Waals surface area contributed by atoms with Crippen LogP contribution in [0.2, 0.25) is 0 Å². The van der Waals surface area contributed by atoms with Crippen LogP contribution < -0.4 is 5.32 Å². The van der Waals surface area contributed by atoms with Gasteiger partial charge >= 0.3 is 0 Å². The summed E-state index contributed by atoms with van der Waals surface area (Å²) in [7, 11) is 0. The van der Waals surface area contributed by atoms with Crippen molar-refractivity contribution in [2.75, 3.05) is 13.1 Å². The number of benzene rings is 1. The topological polar surface area (TPSA) is 35.5 Å². The van der Waals surface area contributed by atoms with Crippen molar-refractivity contribution in [2.45, 2.75) is 58.2 Å². The van der Waals surface area contributed by atoms with E-state index in [1.54, 1.807) is 0 Å². The highest BCUT2D eigenvalue weighted by molar-refractivity contribution is 5.42. The van der Waals surface area contributed by atoms with Crippen molar-refractivity contribution in [1.29, 1.82) is 0 Å². The van der Waals surface area contributed by atoms with Gasteiger partial charge in [-0.05, 0) is 62.8 Å². The van der Waals surface area contributed by atoms with Crippen LogP contribution >= 0.6 is 0 Å². The van der Waals surface area contributed by atoms with E-state index in [0.29, 0.717) is 11.8 Å². The second-order valence-electron chi connectivity index (χ2n) is 6.53. The predicted octanol–water partition coefficient (Wildman–Crippen LogP) is 2.73. The molecule has 0 amide bonds. The maximum atomic E-state index is 9.89. The maximum Gasteiger partial charge on any atom is 0.121 e. The molecule has 2 N–H and O–H groups in total. The SMILES string of the molecule is Cc1cc(CN(CC2CCCN2)C2CC2)cc(C)c1O. The monoisotopic (exact) mass is 274 g/mol.